The maximum absolute atomic E-state index is 12.7. The van der Waals surface area contributed by atoms with Crippen LogP contribution in [0.15, 0.2) is 36.5 Å². The second kappa shape index (κ2) is 8.60. The van der Waals surface area contributed by atoms with Crippen LogP contribution in [0.3, 0.4) is 0 Å². The molecule has 0 unspecified atom stereocenters. The van der Waals surface area contributed by atoms with Gasteiger partial charge in [-0.05, 0) is 55.3 Å². The second-order valence-corrected chi connectivity index (χ2v) is 9.81. The summed E-state index contributed by atoms with van der Waals surface area (Å²) in [5, 5.41) is 5.39. The van der Waals surface area contributed by atoms with Crippen LogP contribution in [0.25, 0.3) is 11.0 Å². The van der Waals surface area contributed by atoms with Crippen molar-refractivity contribution in [1.29, 1.82) is 0 Å². The lowest BCUT2D eigenvalue weighted by Gasteiger charge is -2.41. The lowest BCUT2D eigenvalue weighted by Crippen LogP contribution is -2.56. The van der Waals surface area contributed by atoms with Gasteiger partial charge in [-0.25, -0.2) is 14.5 Å². The minimum atomic E-state index is -0.520. The SMILES string of the molecule is Cn1nc(I)c2cnc(N3CCN(C(=O)OC(C)(C)C)C[C@H]3Cc3ccccc3)nc21. The first-order chi connectivity index (χ1) is 14.7. The highest BCUT2D eigenvalue weighted by Gasteiger charge is 2.33. The number of carbonyl (C=O) groups is 1. The Morgan fingerprint density at radius 3 is 2.68 bits per heavy atom. The number of fused-ring (bicyclic) bond motifs is 1. The number of amides is 1. The molecule has 8 nitrogen and oxygen atoms in total. The monoisotopic (exact) mass is 534 g/mol. The van der Waals surface area contributed by atoms with Gasteiger partial charge in [-0.3, -0.25) is 0 Å². The fourth-order valence-electron chi connectivity index (χ4n) is 3.80. The van der Waals surface area contributed by atoms with Crippen molar-refractivity contribution < 1.29 is 9.53 Å². The number of rotatable bonds is 3. The third kappa shape index (κ3) is 4.91. The minimum Gasteiger partial charge on any atom is -0.444 e. The third-order valence-corrected chi connectivity index (χ3v) is 6.02. The van der Waals surface area contributed by atoms with Gasteiger partial charge in [0.2, 0.25) is 5.95 Å². The van der Waals surface area contributed by atoms with E-state index in [2.05, 4.69) is 49.7 Å². The molecule has 9 heteroatoms. The van der Waals surface area contributed by atoms with Gasteiger partial charge in [-0.1, -0.05) is 30.3 Å². The predicted octanol–water partition coefficient (Wildman–Crippen LogP) is 3.64. The molecule has 4 rings (SSSR count). The van der Waals surface area contributed by atoms with Crippen molar-refractivity contribution in [2.45, 2.75) is 38.8 Å². The minimum absolute atomic E-state index is 0.0356. The number of aryl methyl sites for hydroxylation is 1. The number of aromatic nitrogens is 4. The van der Waals surface area contributed by atoms with Gasteiger partial charge in [0.05, 0.1) is 11.4 Å². The molecule has 0 bridgehead atoms. The number of nitrogens with zero attached hydrogens (tertiary/aromatic N) is 6. The molecule has 0 saturated carbocycles. The first-order valence-corrected chi connectivity index (χ1v) is 11.4. The van der Waals surface area contributed by atoms with Crippen molar-refractivity contribution in [2.75, 3.05) is 24.5 Å². The van der Waals surface area contributed by atoms with Crippen molar-refractivity contribution in [3.63, 3.8) is 0 Å². The number of hydrogen-bond donors (Lipinski definition) is 0. The molecule has 0 spiro atoms. The summed E-state index contributed by atoms with van der Waals surface area (Å²) in [4.78, 5) is 26.2. The third-order valence-electron chi connectivity index (χ3n) is 5.23. The van der Waals surface area contributed by atoms with E-state index in [1.165, 1.54) is 5.56 Å². The summed E-state index contributed by atoms with van der Waals surface area (Å²) >= 11 is 2.20. The Morgan fingerprint density at radius 1 is 1.23 bits per heavy atom. The van der Waals surface area contributed by atoms with E-state index in [1.807, 2.05) is 52.2 Å². The van der Waals surface area contributed by atoms with Crippen LogP contribution in [-0.2, 0) is 18.2 Å². The summed E-state index contributed by atoms with van der Waals surface area (Å²) in [5.74, 6) is 0.664. The number of ether oxygens (including phenoxy) is 1. The number of halogens is 1. The molecule has 1 aliphatic heterocycles. The van der Waals surface area contributed by atoms with Gasteiger partial charge in [-0.2, -0.15) is 10.1 Å². The normalized spacial score (nSPS) is 17.3. The largest absolute Gasteiger partial charge is 0.444 e. The molecule has 31 heavy (non-hydrogen) atoms. The highest BCUT2D eigenvalue weighted by atomic mass is 127. The van der Waals surface area contributed by atoms with Crippen LogP contribution in [0.2, 0.25) is 0 Å². The number of piperazine rings is 1. The zero-order valence-electron chi connectivity index (χ0n) is 18.2. The molecular formula is C22H27IN6O2. The summed E-state index contributed by atoms with van der Waals surface area (Å²) in [7, 11) is 1.89. The highest BCUT2D eigenvalue weighted by Crippen LogP contribution is 2.24. The fraction of sp³-hybridized carbons (Fsp3) is 0.455. The zero-order valence-corrected chi connectivity index (χ0v) is 20.4. The fourth-order valence-corrected chi connectivity index (χ4v) is 4.50. The lowest BCUT2D eigenvalue weighted by atomic mass is 10.0. The van der Waals surface area contributed by atoms with Crippen molar-refractivity contribution in [3.05, 3.63) is 45.8 Å². The van der Waals surface area contributed by atoms with Gasteiger partial charge in [-0.15, -0.1) is 0 Å². The van der Waals surface area contributed by atoms with Crippen LogP contribution >= 0.6 is 22.6 Å². The van der Waals surface area contributed by atoms with Gasteiger partial charge in [0.1, 0.15) is 9.30 Å². The Kier molecular flexibility index (Phi) is 6.05. The van der Waals surface area contributed by atoms with E-state index in [0.717, 1.165) is 21.2 Å². The van der Waals surface area contributed by atoms with E-state index in [1.54, 1.807) is 9.58 Å². The van der Waals surface area contributed by atoms with Crippen molar-refractivity contribution in [3.8, 4) is 0 Å². The number of hydrogen-bond acceptors (Lipinski definition) is 6. The molecule has 1 saturated heterocycles. The first-order valence-electron chi connectivity index (χ1n) is 10.3. The maximum atomic E-state index is 12.7. The number of carbonyl (C=O) groups excluding carboxylic acids is 1. The number of anilines is 1. The second-order valence-electron chi connectivity index (χ2n) is 8.78. The molecule has 1 aromatic carbocycles. The zero-order chi connectivity index (χ0) is 22.2. The Balaban J connectivity index is 1.63. The van der Waals surface area contributed by atoms with E-state index in [0.29, 0.717) is 25.6 Å². The van der Waals surface area contributed by atoms with Gasteiger partial charge in [0, 0.05) is 32.9 Å². The number of benzene rings is 1. The topological polar surface area (TPSA) is 76.4 Å². The Hall–Kier alpha value is -2.43. The standard InChI is InChI=1S/C22H27IN6O2/c1-22(2,3)31-21(30)28-10-11-29(16(14-28)12-15-8-6-5-7-9-15)20-24-13-17-18(23)26-27(4)19(17)25-20/h5-9,13,16H,10-12,14H2,1-4H3/t16-/m1/s1. The molecule has 0 radical (unpaired) electrons. The highest BCUT2D eigenvalue weighted by molar-refractivity contribution is 14.1. The molecule has 2 aromatic heterocycles. The van der Waals surface area contributed by atoms with Gasteiger partial charge in [0.15, 0.2) is 5.65 Å². The molecule has 0 N–H and O–H groups in total. The Morgan fingerprint density at radius 2 is 1.97 bits per heavy atom. The molecule has 0 aliphatic carbocycles. The van der Waals surface area contributed by atoms with Crippen molar-refractivity contribution >= 4 is 45.7 Å². The molecule has 1 amide bonds. The maximum Gasteiger partial charge on any atom is 0.410 e. The van der Waals surface area contributed by atoms with Crippen LogP contribution in [-0.4, -0.2) is 62.0 Å². The van der Waals surface area contributed by atoms with E-state index < -0.39 is 5.60 Å². The van der Waals surface area contributed by atoms with Gasteiger partial charge >= 0.3 is 6.09 Å². The Bertz CT molecular complexity index is 1080. The van der Waals surface area contributed by atoms with Crippen LogP contribution < -0.4 is 4.90 Å². The summed E-state index contributed by atoms with van der Waals surface area (Å²) in [6, 6.07) is 10.3. The summed E-state index contributed by atoms with van der Waals surface area (Å²) < 4.78 is 8.29. The van der Waals surface area contributed by atoms with E-state index in [9.17, 15) is 4.79 Å². The van der Waals surface area contributed by atoms with Crippen LogP contribution in [0, 0.1) is 3.70 Å². The van der Waals surface area contributed by atoms with E-state index in [-0.39, 0.29) is 12.1 Å². The lowest BCUT2D eigenvalue weighted by molar-refractivity contribution is 0.0213. The van der Waals surface area contributed by atoms with Gasteiger partial charge < -0.3 is 14.5 Å². The van der Waals surface area contributed by atoms with Gasteiger partial charge in [0.25, 0.3) is 0 Å². The van der Waals surface area contributed by atoms with Crippen molar-refractivity contribution in [2.24, 2.45) is 7.05 Å². The van der Waals surface area contributed by atoms with E-state index in [4.69, 9.17) is 9.72 Å². The molecular weight excluding hydrogens is 507 g/mol. The molecule has 3 aromatic rings. The van der Waals surface area contributed by atoms with Crippen LogP contribution in [0.5, 0.6) is 0 Å². The smallest absolute Gasteiger partial charge is 0.410 e. The predicted molar refractivity (Wildman–Crippen MR) is 128 cm³/mol. The molecule has 164 valence electrons. The summed E-state index contributed by atoms with van der Waals surface area (Å²) in [6.45, 7) is 7.42. The summed E-state index contributed by atoms with van der Waals surface area (Å²) in [5.41, 5.74) is 1.50. The Labute approximate surface area is 195 Å². The van der Waals surface area contributed by atoms with E-state index >= 15 is 0 Å². The van der Waals surface area contributed by atoms with Crippen LogP contribution in [0.1, 0.15) is 26.3 Å². The molecule has 1 fully saturated rings. The molecule has 1 aliphatic rings. The quantitative estimate of drug-likeness (QED) is 0.478. The van der Waals surface area contributed by atoms with Crippen LogP contribution in [0.4, 0.5) is 10.7 Å². The summed E-state index contributed by atoms with van der Waals surface area (Å²) in [6.07, 6.45) is 2.35. The molecule has 3 heterocycles. The first kappa shape index (κ1) is 21.8. The van der Waals surface area contributed by atoms with Crippen molar-refractivity contribution in [1.82, 2.24) is 24.6 Å². The average Bonchev–Trinajstić information content (AvgIpc) is 3.00. The molecule has 1 atom stereocenters. The average molecular weight is 534 g/mol.